The maximum atomic E-state index is 10.4. The molecule has 0 atom stereocenters. The van der Waals surface area contributed by atoms with Crippen molar-refractivity contribution in [3.8, 4) is 0 Å². The first-order chi connectivity index (χ1) is 8.74. The molecule has 0 aliphatic heterocycles. The highest BCUT2D eigenvalue weighted by molar-refractivity contribution is 5.92. The van der Waals surface area contributed by atoms with E-state index in [2.05, 4.69) is 15.1 Å². The van der Waals surface area contributed by atoms with Crippen LogP contribution in [0.4, 0.5) is 0 Å². The van der Waals surface area contributed by atoms with Crippen LogP contribution >= 0.6 is 0 Å². The topological polar surface area (TPSA) is 101 Å². The second-order valence-corrected chi connectivity index (χ2v) is 3.13. The average Bonchev–Trinajstić information content (AvgIpc) is 2.42. The predicted molar refractivity (Wildman–Crippen MR) is 66.4 cm³/mol. The number of oxime groups is 1. The average molecular weight is 244 g/mol. The van der Waals surface area contributed by atoms with E-state index in [-0.39, 0.29) is 0 Å². The van der Waals surface area contributed by atoms with Crippen molar-refractivity contribution in [1.29, 1.82) is 0 Å². The molecule has 0 spiro atoms. The highest BCUT2D eigenvalue weighted by atomic mass is 16.4. The number of amides is 1. The summed E-state index contributed by atoms with van der Waals surface area (Å²) in [6, 6.07) is 6.64. The molecule has 2 rings (SSSR count). The zero-order chi connectivity index (χ0) is 13.2. The first-order valence-corrected chi connectivity index (χ1v) is 5.01. The number of nitrogens with zero attached hydrogens (tertiary/aromatic N) is 3. The Balaban J connectivity index is 0.000000180. The van der Waals surface area contributed by atoms with Gasteiger partial charge in [-0.15, -0.1) is 0 Å². The fraction of sp³-hybridized carbons (Fsp3) is 0. The number of carbonyl (C=O) groups is 1. The first-order valence-electron chi connectivity index (χ1n) is 5.01. The van der Waals surface area contributed by atoms with Crippen LogP contribution in [-0.4, -0.2) is 27.3 Å². The van der Waals surface area contributed by atoms with E-state index in [0.29, 0.717) is 5.56 Å². The van der Waals surface area contributed by atoms with Gasteiger partial charge in [0, 0.05) is 30.4 Å². The van der Waals surface area contributed by atoms with Gasteiger partial charge in [0.15, 0.2) is 0 Å². The van der Waals surface area contributed by atoms with Crippen molar-refractivity contribution in [3.05, 3.63) is 60.2 Å². The smallest absolute Gasteiger partial charge is 0.248 e. The summed E-state index contributed by atoms with van der Waals surface area (Å²) in [7, 11) is 0. The Morgan fingerprint density at radius 1 is 1.11 bits per heavy atom. The van der Waals surface area contributed by atoms with Crippen molar-refractivity contribution in [2.75, 3.05) is 0 Å². The lowest BCUT2D eigenvalue weighted by molar-refractivity contribution is 0.1000. The Bertz CT molecular complexity index is 500. The molecular formula is C12H12N4O2. The van der Waals surface area contributed by atoms with Gasteiger partial charge in [-0.3, -0.25) is 14.8 Å². The second-order valence-electron chi connectivity index (χ2n) is 3.13. The van der Waals surface area contributed by atoms with Crippen LogP contribution in [0.3, 0.4) is 0 Å². The van der Waals surface area contributed by atoms with E-state index < -0.39 is 5.91 Å². The summed E-state index contributed by atoms with van der Waals surface area (Å²) in [6.45, 7) is 0. The number of carbonyl (C=O) groups excluding carboxylic acids is 1. The third-order valence-electron chi connectivity index (χ3n) is 1.88. The van der Waals surface area contributed by atoms with Crippen LogP contribution in [0.5, 0.6) is 0 Å². The molecule has 0 bridgehead atoms. The Morgan fingerprint density at radius 3 is 2.00 bits per heavy atom. The van der Waals surface area contributed by atoms with Gasteiger partial charge in [-0.05, 0) is 29.8 Å². The molecule has 3 N–H and O–H groups in total. The van der Waals surface area contributed by atoms with Gasteiger partial charge in [0.25, 0.3) is 0 Å². The van der Waals surface area contributed by atoms with Crippen molar-refractivity contribution in [2.45, 2.75) is 0 Å². The zero-order valence-electron chi connectivity index (χ0n) is 9.47. The predicted octanol–water partition coefficient (Wildman–Crippen LogP) is 1.07. The van der Waals surface area contributed by atoms with Crippen LogP contribution < -0.4 is 5.73 Å². The summed E-state index contributed by atoms with van der Waals surface area (Å²) < 4.78 is 0. The number of nitrogens with two attached hydrogens (primary N) is 1. The normalized spacial score (nSPS) is 9.56. The van der Waals surface area contributed by atoms with Gasteiger partial charge in [-0.25, -0.2) is 0 Å². The van der Waals surface area contributed by atoms with Crippen molar-refractivity contribution in [1.82, 2.24) is 9.97 Å². The van der Waals surface area contributed by atoms with E-state index >= 15 is 0 Å². The number of pyridine rings is 2. The third-order valence-corrected chi connectivity index (χ3v) is 1.88. The van der Waals surface area contributed by atoms with Crippen LogP contribution in [0, 0.1) is 0 Å². The van der Waals surface area contributed by atoms with Crippen LogP contribution in [0.1, 0.15) is 15.9 Å². The van der Waals surface area contributed by atoms with E-state index in [1.807, 2.05) is 0 Å². The van der Waals surface area contributed by atoms with E-state index in [1.54, 1.807) is 36.7 Å². The lowest BCUT2D eigenvalue weighted by Gasteiger charge is -1.88. The summed E-state index contributed by atoms with van der Waals surface area (Å²) in [5.41, 5.74) is 6.28. The second kappa shape index (κ2) is 7.50. The van der Waals surface area contributed by atoms with Gasteiger partial charge >= 0.3 is 0 Å². The number of primary amides is 1. The number of aromatic nitrogens is 2. The number of hydrogen-bond acceptors (Lipinski definition) is 5. The Labute approximate surface area is 104 Å². The minimum Gasteiger partial charge on any atom is -0.411 e. The fourth-order valence-electron chi connectivity index (χ4n) is 1.03. The van der Waals surface area contributed by atoms with Gasteiger partial charge in [-0.2, -0.15) is 0 Å². The SMILES string of the molecule is NC(=O)c1ccncc1.O/N=C/c1ccncc1. The summed E-state index contributed by atoms with van der Waals surface area (Å²) in [4.78, 5) is 17.9. The molecule has 0 aromatic carbocycles. The quantitative estimate of drug-likeness (QED) is 0.468. The molecule has 18 heavy (non-hydrogen) atoms. The van der Waals surface area contributed by atoms with Crippen molar-refractivity contribution < 1.29 is 10.0 Å². The molecule has 1 amide bonds. The molecule has 0 saturated carbocycles. The fourth-order valence-corrected chi connectivity index (χ4v) is 1.03. The molecule has 2 aromatic heterocycles. The maximum Gasteiger partial charge on any atom is 0.248 e. The summed E-state index contributed by atoms with van der Waals surface area (Å²) >= 11 is 0. The lowest BCUT2D eigenvalue weighted by atomic mass is 10.3. The first kappa shape index (κ1) is 13.3. The Morgan fingerprint density at radius 2 is 1.61 bits per heavy atom. The summed E-state index contributed by atoms with van der Waals surface area (Å²) in [5.74, 6) is -0.419. The summed E-state index contributed by atoms with van der Waals surface area (Å²) in [6.07, 6.45) is 7.68. The number of rotatable bonds is 2. The van der Waals surface area contributed by atoms with Gasteiger partial charge in [-0.1, -0.05) is 5.16 Å². The monoisotopic (exact) mass is 244 g/mol. The van der Waals surface area contributed by atoms with Gasteiger partial charge < -0.3 is 10.9 Å². The molecule has 6 heteroatoms. The largest absolute Gasteiger partial charge is 0.411 e. The minimum absolute atomic E-state index is 0.419. The van der Waals surface area contributed by atoms with Crippen molar-refractivity contribution >= 4 is 12.1 Å². The zero-order valence-corrected chi connectivity index (χ0v) is 9.47. The van der Waals surface area contributed by atoms with Crippen LogP contribution in [0.15, 0.2) is 54.2 Å². The maximum absolute atomic E-state index is 10.4. The molecule has 2 aromatic rings. The molecule has 0 fully saturated rings. The molecule has 0 unspecified atom stereocenters. The Kier molecular flexibility index (Phi) is 5.55. The van der Waals surface area contributed by atoms with E-state index in [4.69, 9.17) is 10.9 Å². The molecular weight excluding hydrogens is 232 g/mol. The highest BCUT2D eigenvalue weighted by Crippen LogP contribution is 1.92. The summed E-state index contributed by atoms with van der Waals surface area (Å²) in [5, 5.41) is 10.9. The van der Waals surface area contributed by atoms with E-state index in [9.17, 15) is 4.79 Å². The lowest BCUT2D eigenvalue weighted by Crippen LogP contribution is -2.10. The van der Waals surface area contributed by atoms with Gasteiger partial charge in [0.1, 0.15) is 0 Å². The Hall–Kier alpha value is -2.76. The molecule has 0 aliphatic rings. The van der Waals surface area contributed by atoms with Crippen LogP contribution in [-0.2, 0) is 0 Å². The molecule has 0 aliphatic carbocycles. The van der Waals surface area contributed by atoms with Crippen molar-refractivity contribution in [3.63, 3.8) is 0 Å². The van der Waals surface area contributed by atoms with Crippen molar-refractivity contribution in [2.24, 2.45) is 10.9 Å². The highest BCUT2D eigenvalue weighted by Gasteiger charge is 1.94. The van der Waals surface area contributed by atoms with E-state index in [0.717, 1.165) is 5.56 Å². The third kappa shape index (κ3) is 4.84. The molecule has 0 radical (unpaired) electrons. The van der Waals surface area contributed by atoms with Gasteiger partial charge in [0.05, 0.1) is 6.21 Å². The molecule has 0 saturated heterocycles. The van der Waals surface area contributed by atoms with Crippen LogP contribution in [0.25, 0.3) is 0 Å². The molecule has 92 valence electrons. The molecule has 2 heterocycles. The molecule has 6 nitrogen and oxygen atoms in total. The van der Waals surface area contributed by atoms with Crippen LogP contribution in [0.2, 0.25) is 0 Å². The number of hydrogen-bond donors (Lipinski definition) is 2. The standard InChI is InChI=1S/2C6H6N2O/c9-8-5-6-1-3-7-4-2-6;7-6(9)5-1-3-8-4-2-5/h1-5,9H;1-4H,(H2,7,9)/b8-5+;. The van der Waals surface area contributed by atoms with Gasteiger partial charge in [0.2, 0.25) is 5.91 Å². The van der Waals surface area contributed by atoms with E-state index in [1.165, 1.54) is 18.6 Å². The minimum atomic E-state index is -0.419.